The summed E-state index contributed by atoms with van der Waals surface area (Å²) >= 11 is 0. The summed E-state index contributed by atoms with van der Waals surface area (Å²) in [6.45, 7) is 10.8. The van der Waals surface area contributed by atoms with Crippen LogP contribution in [0.5, 0.6) is 0 Å². The van der Waals surface area contributed by atoms with Crippen molar-refractivity contribution in [1.82, 2.24) is 0 Å². The normalized spacial score (nSPS) is 13.3. The molecule has 1 aromatic rings. The summed E-state index contributed by atoms with van der Waals surface area (Å²) in [7, 11) is 0. The molecule has 0 bridgehead atoms. The van der Waals surface area contributed by atoms with Gasteiger partial charge in [-0.25, -0.2) is 0 Å². The van der Waals surface area contributed by atoms with Crippen LogP contribution in [0.1, 0.15) is 57.0 Å². The van der Waals surface area contributed by atoms with Crippen molar-refractivity contribution < 1.29 is 9.53 Å². The summed E-state index contributed by atoms with van der Waals surface area (Å²) in [5.74, 6) is 0.0901. The van der Waals surface area contributed by atoms with Gasteiger partial charge in [0.25, 0.3) is 0 Å². The smallest absolute Gasteiger partial charge is 0.192 e. The average Bonchev–Trinajstić information content (AvgIpc) is 2.34. The fourth-order valence-electron chi connectivity index (χ4n) is 2.21. The van der Waals surface area contributed by atoms with E-state index < -0.39 is 0 Å². The Labute approximate surface area is 117 Å². The molecular weight excluding hydrogens is 236 g/mol. The highest BCUT2D eigenvalue weighted by Gasteiger charge is 2.32. The Morgan fingerprint density at radius 2 is 1.95 bits per heavy atom. The lowest BCUT2D eigenvalue weighted by Crippen LogP contribution is -2.37. The molecule has 1 rings (SSSR count). The van der Waals surface area contributed by atoms with Gasteiger partial charge in [0, 0.05) is 12.2 Å². The Hall–Kier alpha value is -1.15. The lowest BCUT2D eigenvalue weighted by Gasteiger charge is -2.29. The molecule has 106 valence electrons. The summed E-state index contributed by atoms with van der Waals surface area (Å²) in [6, 6.07) is 7.93. The van der Waals surface area contributed by atoms with E-state index in [1.54, 1.807) is 0 Å². The summed E-state index contributed by atoms with van der Waals surface area (Å²) < 4.78 is 5.67. The molecule has 0 radical (unpaired) electrons. The summed E-state index contributed by atoms with van der Waals surface area (Å²) in [6.07, 6.45) is 1.72. The predicted octanol–water partition coefficient (Wildman–Crippen LogP) is 4.27. The minimum atomic E-state index is -0.380. The molecule has 1 unspecified atom stereocenters. The third-order valence-electron chi connectivity index (χ3n) is 3.11. The second kappa shape index (κ2) is 6.85. The van der Waals surface area contributed by atoms with Crippen LogP contribution >= 0.6 is 0 Å². The number of ketones is 1. The molecule has 1 aromatic carbocycles. The van der Waals surface area contributed by atoms with Gasteiger partial charge in [0.15, 0.2) is 5.78 Å². The van der Waals surface area contributed by atoms with Crippen LogP contribution in [0.15, 0.2) is 24.3 Å². The first-order chi connectivity index (χ1) is 8.90. The van der Waals surface area contributed by atoms with Crippen LogP contribution in [0.3, 0.4) is 0 Å². The maximum absolute atomic E-state index is 12.6. The van der Waals surface area contributed by atoms with Gasteiger partial charge in [-0.1, -0.05) is 52.3 Å². The zero-order valence-electron chi connectivity index (χ0n) is 12.8. The Balaban J connectivity index is 2.99. The SMILES string of the molecule is CCCc1cccc(C(=O)C(OCC)C(C)(C)C)c1. The van der Waals surface area contributed by atoms with Gasteiger partial charge in [-0.15, -0.1) is 0 Å². The molecule has 0 amide bonds. The van der Waals surface area contributed by atoms with Crippen molar-refractivity contribution in [2.24, 2.45) is 5.41 Å². The second-order valence-electron chi connectivity index (χ2n) is 6.02. The minimum absolute atomic E-state index is 0.0901. The molecule has 0 saturated carbocycles. The fraction of sp³-hybridized carbons (Fsp3) is 0.588. The van der Waals surface area contributed by atoms with E-state index in [4.69, 9.17) is 4.74 Å². The van der Waals surface area contributed by atoms with Crippen LogP contribution < -0.4 is 0 Å². The quantitative estimate of drug-likeness (QED) is 0.715. The first-order valence-electron chi connectivity index (χ1n) is 7.14. The highest BCUT2D eigenvalue weighted by Crippen LogP contribution is 2.26. The van der Waals surface area contributed by atoms with E-state index in [0.29, 0.717) is 6.61 Å². The van der Waals surface area contributed by atoms with E-state index in [2.05, 4.69) is 13.0 Å². The van der Waals surface area contributed by atoms with Crippen molar-refractivity contribution >= 4 is 5.78 Å². The maximum atomic E-state index is 12.6. The van der Waals surface area contributed by atoms with E-state index in [9.17, 15) is 4.79 Å². The van der Waals surface area contributed by atoms with Gasteiger partial charge in [0.05, 0.1) is 0 Å². The number of ether oxygens (including phenoxy) is 1. The molecule has 19 heavy (non-hydrogen) atoms. The monoisotopic (exact) mass is 262 g/mol. The first kappa shape index (κ1) is 15.9. The second-order valence-corrected chi connectivity index (χ2v) is 6.02. The molecule has 0 aliphatic heterocycles. The van der Waals surface area contributed by atoms with Gasteiger partial charge in [-0.3, -0.25) is 4.79 Å². The van der Waals surface area contributed by atoms with Crippen molar-refractivity contribution in [3.63, 3.8) is 0 Å². The van der Waals surface area contributed by atoms with Gasteiger partial charge >= 0.3 is 0 Å². The van der Waals surface area contributed by atoms with Gasteiger partial charge in [0.1, 0.15) is 6.10 Å². The number of carbonyl (C=O) groups is 1. The summed E-state index contributed by atoms with van der Waals surface area (Å²) in [4.78, 5) is 12.6. The van der Waals surface area contributed by atoms with Crippen LogP contribution in [-0.4, -0.2) is 18.5 Å². The van der Waals surface area contributed by atoms with E-state index in [-0.39, 0.29) is 17.3 Å². The molecule has 0 N–H and O–H groups in total. The minimum Gasteiger partial charge on any atom is -0.370 e. The Morgan fingerprint density at radius 3 is 2.47 bits per heavy atom. The number of carbonyl (C=O) groups excluding carboxylic acids is 1. The van der Waals surface area contributed by atoms with Crippen molar-refractivity contribution in [3.8, 4) is 0 Å². The van der Waals surface area contributed by atoms with Crippen molar-refractivity contribution in [2.75, 3.05) is 6.61 Å². The summed E-state index contributed by atoms with van der Waals surface area (Å²) in [5, 5.41) is 0. The Morgan fingerprint density at radius 1 is 1.26 bits per heavy atom. The highest BCUT2D eigenvalue weighted by atomic mass is 16.5. The molecule has 0 heterocycles. The number of benzene rings is 1. The topological polar surface area (TPSA) is 26.3 Å². The fourth-order valence-corrected chi connectivity index (χ4v) is 2.21. The molecule has 0 aliphatic rings. The number of aryl methyl sites for hydroxylation is 1. The standard InChI is InChI=1S/C17H26O2/c1-6-9-13-10-8-11-14(12-13)15(18)16(19-7-2)17(3,4)5/h8,10-12,16H,6-7,9H2,1-5H3. The molecule has 2 nitrogen and oxygen atoms in total. The van der Waals surface area contributed by atoms with Crippen molar-refractivity contribution in [2.45, 2.75) is 53.6 Å². The Kier molecular flexibility index (Phi) is 5.74. The van der Waals surface area contributed by atoms with Gasteiger partial charge in [0.2, 0.25) is 0 Å². The molecule has 1 atom stereocenters. The van der Waals surface area contributed by atoms with Crippen LogP contribution in [-0.2, 0) is 11.2 Å². The first-order valence-corrected chi connectivity index (χ1v) is 7.14. The molecule has 0 fully saturated rings. The van der Waals surface area contributed by atoms with Crippen LogP contribution in [0.4, 0.5) is 0 Å². The zero-order chi connectivity index (χ0) is 14.5. The third kappa shape index (κ3) is 4.46. The Bertz CT molecular complexity index is 416. The predicted molar refractivity (Wildman–Crippen MR) is 79.6 cm³/mol. The average molecular weight is 262 g/mol. The van der Waals surface area contributed by atoms with Crippen LogP contribution in [0.2, 0.25) is 0 Å². The largest absolute Gasteiger partial charge is 0.370 e. The molecule has 0 aliphatic carbocycles. The van der Waals surface area contributed by atoms with Crippen LogP contribution in [0, 0.1) is 5.41 Å². The number of rotatable bonds is 6. The van der Waals surface area contributed by atoms with E-state index in [0.717, 1.165) is 18.4 Å². The molecule has 0 spiro atoms. The number of hydrogen-bond donors (Lipinski definition) is 0. The van der Waals surface area contributed by atoms with Gasteiger partial charge < -0.3 is 4.74 Å². The number of hydrogen-bond acceptors (Lipinski definition) is 2. The molecule has 0 aromatic heterocycles. The van der Waals surface area contributed by atoms with E-state index in [1.165, 1.54) is 5.56 Å². The van der Waals surface area contributed by atoms with Crippen molar-refractivity contribution in [1.29, 1.82) is 0 Å². The molecule has 2 heteroatoms. The third-order valence-corrected chi connectivity index (χ3v) is 3.11. The van der Waals surface area contributed by atoms with Gasteiger partial charge in [-0.2, -0.15) is 0 Å². The molecular formula is C17H26O2. The van der Waals surface area contributed by atoms with Crippen LogP contribution in [0.25, 0.3) is 0 Å². The molecule has 0 saturated heterocycles. The number of Topliss-reactive ketones (excluding diaryl/α,β-unsaturated/α-hetero) is 1. The van der Waals surface area contributed by atoms with Gasteiger partial charge in [-0.05, 0) is 30.4 Å². The van der Waals surface area contributed by atoms with E-state index in [1.807, 2.05) is 45.9 Å². The lowest BCUT2D eigenvalue weighted by molar-refractivity contribution is -0.000224. The zero-order valence-corrected chi connectivity index (χ0v) is 12.8. The maximum Gasteiger partial charge on any atom is 0.192 e. The lowest BCUT2D eigenvalue weighted by atomic mass is 9.84. The highest BCUT2D eigenvalue weighted by molar-refractivity contribution is 6.00. The summed E-state index contributed by atoms with van der Waals surface area (Å²) in [5.41, 5.74) is 1.80. The van der Waals surface area contributed by atoms with E-state index >= 15 is 0 Å². The van der Waals surface area contributed by atoms with Crippen molar-refractivity contribution in [3.05, 3.63) is 35.4 Å².